The first-order chi connectivity index (χ1) is 7.17. The number of pyridine rings is 1. The maximum atomic E-state index is 11.1. The highest BCUT2D eigenvalue weighted by molar-refractivity contribution is 7.71. The van der Waals surface area contributed by atoms with Gasteiger partial charge in [0, 0.05) is 11.9 Å². The van der Waals surface area contributed by atoms with E-state index in [0.717, 1.165) is 0 Å². The topological polar surface area (TPSA) is 65.9 Å². The molecule has 1 aromatic rings. The van der Waals surface area contributed by atoms with Crippen molar-refractivity contribution in [1.29, 1.82) is 5.26 Å². The first-order valence-electron chi connectivity index (χ1n) is 4.44. The van der Waals surface area contributed by atoms with E-state index in [1.807, 2.05) is 6.07 Å². The van der Waals surface area contributed by atoms with Crippen LogP contribution in [0.3, 0.4) is 0 Å². The maximum Gasteiger partial charge on any atom is 0.311 e. The maximum absolute atomic E-state index is 11.1. The number of hydrogen-bond acceptors (Lipinski definition) is 4. The summed E-state index contributed by atoms with van der Waals surface area (Å²) in [5.74, 6) is -0.312. The molecule has 0 fully saturated rings. The minimum atomic E-state index is -0.312. The number of H-pyrrole nitrogens is 1. The average Bonchev–Trinajstić information content (AvgIpc) is 2.18. The van der Waals surface area contributed by atoms with Crippen LogP contribution in [0.2, 0.25) is 0 Å². The van der Waals surface area contributed by atoms with Crippen molar-refractivity contribution in [2.45, 2.75) is 13.3 Å². The number of hydrogen-bond donors (Lipinski definition) is 1. The van der Waals surface area contributed by atoms with Gasteiger partial charge >= 0.3 is 5.97 Å². The minimum Gasteiger partial charge on any atom is -0.466 e. The molecule has 0 spiro atoms. The Hall–Kier alpha value is -1.67. The Balaban J connectivity index is 2.81. The van der Waals surface area contributed by atoms with Gasteiger partial charge in [0.05, 0.1) is 23.1 Å². The van der Waals surface area contributed by atoms with Crippen molar-refractivity contribution in [3.63, 3.8) is 0 Å². The molecule has 0 aliphatic carbocycles. The number of carbonyl (C=O) groups excluding carboxylic acids is 1. The molecule has 0 radical (unpaired) electrons. The van der Waals surface area contributed by atoms with E-state index in [9.17, 15) is 4.79 Å². The van der Waals surface area contributed by atoms with Crippen molar-refractivity contribution in [1.82, 2.24) is 4.98 Å². The van der Waals surface area contributed by atoms with Crippen LogP contribution in [0.15, 0.2) is 12.3 Å². The molecule has 0 amide bonds. The van der Waals surface area contributed by atoms with Crippen molar-refractivity contribution in [2.75, 3.05) is 6.61 Å². The number of nitriles is 1. The quantitative estimate of drug-likeness (QED) is 0.624. The highest BCUT2D eigenvalue weighted by Crippen LogP contribution is 2.04. The standard InChI is InChI=1S/C10H10N2O2S/c1-2-14-10(13)4-8-3-9(15)7(5-11)6-12-8/h3,6H,2,4H2,1H3,(H,12,15). The lowest BCUT2D eigenvalue weighted by molar-refractivity contribution is -0.142. The lowest BCUT2D eigenvalue weighted by Gasteiger charge is -2.02. The van der Waals surface area contributed by atoms with Gasteiger partial charge in [-0.05, 0) is 13.0 Å². The lowest BCUT2D eigenvalue weighted by atomic mass is 10.2. The largest absolute Gasteiger partial charge is 0.466 e. The summed E-state index contributed by atoms with van der Waals surface area (Å²) in [6, 6.07) is 3.55. The smallest absolute Gasteiger partial charge is 0.311 e. The molecule has 5 heteroatoms. The molecule has 1 aromatic heterocycles. The van der Waals surface area contributed by atoms with Crippen molar-refractivity contribution >= 4 is 18.2 Å². The zero-order valence-electron chi connectivity index (χ0n) is 8.24. The number of nitrogens with zero attached hydrogens (tertiary/aromatic N) is 1. The van der Waals surface area contributed by atoms with E-state index in [-0.39, 0.29) is 12.4 Å². The van der Waals surface area contributed by atoms with E-state index >= 15 is 0 Å². The summed E-state index contributed by atoms with van der Waals surface area (Å²) in [5.41, 5.74) is 1.05. The summed E-state index contributed by atoms with van der Waals surface area (Å²) < 4.78 is 5.22. The van der Waals surface area contributed by atoms with E-state index in [1.165, 1.54) is 6.20 Å². The SMILES string of the molecule is CCOC(=O)Cc1cc(=S)c(C#N)c[nH]1. The average molecular weight is 222 g/mol. The van der Waals surface area contributed by atoms with Crippen LogP contribution in [-0.2, 0) is 16.0 Å². The molecule has 0 bridgehead atoms. The summed E-state index contributed by atoms with van der Waals surface area (Å²) in [6.07, 6.45) is 1.64. The fraction of sp³-hybridized carbons (Fsp3) is 0.300. The number of nitrogens with one attached hydrogen (secondary N) is 1. The number of rotatable bonds is 3. The van der Waals surface area contributed by atoms with Gasteiger partial charge in [-0.2, -0.15) is 5.26 Å². The molecule has 0 saturated carbocycles. The van der Waals surface area contributed by atoms with Crippen LogP contribution in [0.5, 0.6) is 0 Å². The summed E-state index contributed by atoms with van der Waals surface area (Å²) >= 11 is 4.96. The second-order valence-corrected chi connectivity index (χ2v) is 3.27. The Labute approximate surface area is 92.5 Å². The Bertz CT molecular complexity index is 459. The van der Waals surface area contributed by atoms with Gasteiger partial charge in [0.15, 0.2) is 0 Å². The Kier molecular flexibility index (Phi) is 4.01. The van der Waals surface area contributed by atoms with E-state index in [2.05, 4.69) is 4.98 Å². The molecular weight excluding hydrogens is 212 g/mol. The molecule has 0 aliphatic heterocycles. The Morgan fingerprint density at radius 3 is 3.00 bits per heavy atom. The van der Waals surface area contributed by atoms with Gasteiger partial charge in [-0.25, -0.2) is 0 Å². The molecule has 1 rings (SSSR count). The number of aromatic nitrogens is 1. The lowest BCUT2D eigenvalue weighted by Crippen LogP contribution is -2.08. The Morgan fingerprint density at radius 2 is 2.47 bits per heavy atom. The van der Waals surface area contributed by atoms with Crippen LogP contribution >= 0.6 is 12.2 Å². The fourth-order valence-corrected chi connectivity index (χ4v) is 1.32. The van der Waals surface area contributed by atoms with Crippen molar-refractivity contribution < 1.29 is 9.53 Å². The Morgan fingerprint density at radius 1 is 1.73 bits per heavy atom. The summed E-state index contributed by atoms with van der Waals surface area (Å²) in [5, 5.41) is 8.65. The monoisotopic (exact) mass is 222 g/mol. The molecule has 1 N–H and O–H groups in total. The minimum absolute atomic E-state index is 0.142. The number of esters is 1. The van der Waals surface area contributed by atoms with Gasteiger partial charge in [0.25, 0.3) is 0 Å². The van der Waals surface area contributed by atoms with Gasteiger partial charge in [-0.1, -0.05) is 12.2 Å². The summed E-state index contributed by atoms with van der Waals surface area (Å²) in [4.78, 5) is 14.0. The third kappa shape index (κ3) is 3.18. The molecule has 0 saturated heterocycles. The van der Waals surface area contributed by atoms with Crippen molar-refractivity contribution in [2.24, 2.45) is 0 Å². The number of aromatic amines is 1. The van der Waals surface area contributed by atoms with Crippen LogP contribution in [0, 0.1) is 15.8 Å². The highest BCUT2D eigenvalue weighted by Gasteiger charge is 2.05. The van der Waals surface area contributed by atoms with E-state index in [0.29, 0.717) is 22.4 Å². The molecule has 0 unspecified atom stereocenters. The molecule has 15 heavy (non-hydrogen) atoms. The van der Waals surface area contributed by atoms with E-state index in [4.69, 9.17) is 22.2 Å². The van der Waals surface area contributed by atoms with E-state index < -0.39 is 0 Å². The number of ether oxygens (including phenoxy) is 1. The van der Waals surface area contributed by atoms with Crippen molar-refractivity contribution in [3.8, 4) is 6.07 Å². The normalized spacial score (nSPS) is 9.33. The molecule has 0 aromatic carbocycles. The molecule has 0 atom stereocenters. The van der Waals surface area contributed by atoms with Gasteiger partial charge in [-0.15, -0.1) is 0 Å². The van der Waals surface area contributed by atoms with Gasteiger partial charge < -0.3 is 9.72 Å². The number of carbonyl (C=O) groups is 1. The van der Waals surface area contributed by atoms with Gasteiger partial charge in [0.1, 0.15) is 6.07 Å². The molecular formula is C10H10N2O2S. The molecule has 0 aliphatic rings. The van der Waals surface area contributed by atoms with Crippen molar-refractivity contribution in [3.05, 3.63) is 28.0 Å². The third-order valence-electron chi connectivity index (χ3n) is 1.73. The second kappa shape index (κ2) is 5.27. The first-order valence-corrected chi connectivity index (χ1v) is 4.85. The van der Waals surface area contributed by atoms with Gasteiger partial charge in [0.2, 0.25) is 0 Å². The predicted octanol–water partition coefficient (Wildman–Crippen LogP) is 1.72. The third-order valence-corrected chi connectivity index (χ3v) is 2.07. The van der Waals surface area contributed by atoms with Crippen LogP contribution in [0.4, 0.5) is 0 Å². The first kappa shape index (κ1) is 11.4. The zero-order chi connectivity index (χ0) is 11.3. The van der Waals surface area contributed by atoms with Crippen LogP contribution in [0.25, 0.3) is 0 Å². The molecule has 4 nitrogen and oxygen atoms in total. The van der Waals surface area contributed by atoms with E-state index in [1.54, 1.807) is 13.0 Å². The second-order valence-electron chi connectivity index (χ2n) is 2.83. The van der Waals surface area contributed by atoms with Crippen LogP contribution in [-0.4, -0.2) is 17.6 Å². The van der Waals surface area contributed by atoms with Crippen LogP contribution in [0.1, 0.15) is 18.2 Å². The highest BCUT2D eigenvalue weighted by atomic mass is 32.1. The molecule has 78 valence electrons. The van der Waals surface area contributed by atoms with Crippen LogP contribution < -0.4 is 0 Å². The molecule has 1 heterocycles. The summed E-state index contributed by atoms with van der Waals surface area (Å²) in [7, 11) is 0. The fourth-order valence-electron chi connectivity index (χ4n) is 1.07. The zero-order valence-corrected chi connectivity index (χ0v) is 9.06. The van der Waals surface area contributed by atoms with Gasteiger partial charge in [-0.3, -0.25) is 4.79 Å². The predicted molar refractivity (Wildman–Crippen MR) is 56.7 cm³/mol. The summed E-state index contributed by atoms with van der Waals surface area (Å²) in [6.45, 7) is 2.11.